The van der Waals surface area contributed by atoms with Gasteiger partial charge in [-0.3, -0.25) is 0 Å². The van der Waals surface area contributed by atoms with E-state index in [2.05, 4.69) is 185 Å². The normalized spacial score (nSPS) is 13.3. The second-order valence-corrected chi connectivity index (χ2v) is 43.3. The standard InChI is InChI=1S/2C20H19P.2ClH.Pd/c2*1-16-10-6-8-14-19(16)21(18-12-4-3-5-13-18)20-15-9-7-11-17(20)2;;;/h2*3-15H,1-2H3;2*1H;. The first-order valence-electron chi connectivity index (χ1n) is 15.2. The van der Waals surface area contributed by atoms with Crippen molar-refractivity contribution in [2.75, 3.05) is 0 Å². The summed E-state index contributed by atoms with van der Waals surface area (Å²) in [6, 6.07) is 57.7. The molecule has 0 aliphatic carbocycles. The molecule has 0 radical (unpaired) electrons. The Morgan fingerprint density at radius 3 is 0.800 bits per heavy atom. The molecule has 0 saturated carbocycles. The monoisotopic (exact) mass is 758 g/mol. The summed E-state index contributed by atoms with van der Waals surface area (Å²) in [6.07, 6.45) is 0. The molecular formula is C40H40Cl2P2Pd. The van der Waals surface area contributed by atoms with E-state index in [-0.39, 0.29) is 0 Å². The number of benzene rings is 6. The van der Waals surface area contributed by atoms with Crippen LogP contribution in [-0.4, -0.2) is 0 Å². The summed E-state index contributed by atoms with van der Waals surface area (Å²) >= 11 is -3.80. The van der Waals surface area contributed by atoms with Crippen LogP contribution in [0, 0.1) is 27.7 Å². The number of aryl methyl sites for hydroxylation is 4. The Labute approximate surface area is 280 Å². The van der Waals surface area contributed by atoms with E-state index in [1.165, 1.54) is 54.1 Å². The van der Waals surface area contributed by atoms with Gasteiger partial charge in [-0.2, -0.15) is 0 Å². The van der Waals surface area contributed by atoms with Crippen molar-refractivity contribution in [3.8, 4) is 0 Å². The summed E-state index contributed by atoms with van der Waals surface area (Å²) in [7, 11) is 17.8. The molecule has 0 aliphatic rings. The molecule has 0 heterocycles. The molecule has 6 rings (SSSR count). The van der Waals surface area contributed by atoms with Gasteiger partial charge >= 0.3 is 282 Å². The Morgan fingerprint density at radius 2 is 0.556 bits per heavy atom. The van der Waals surface area contributed by atoms with Crippen LogP contribution in [0.4, 0.5) is 0 Å². The van der Waals surface area contributed by atoms with E-state index in [1.54, 1.807) is 0 Å². The van der Waals surface area contributed by atoms with Crippen molar-refractivity contribution >= 4 is 61.8 Å². The molecule has 6 aromatic carbocycles. The average Bonchev–Trinajstić information content (AvgIpc) is 3.06. The van der Waals surface area contributed by atoms with Crippen LogP contribution in [-0.2, 0) is 12.5 Å². The zero-order valence-corrected chi connectivity index (χ0v) is 31.1. The Kier molecular flexibility index (Phi) is 9.54. The van der Waals surface area contributed by atoms with E-state index in [1.807, 2.05) is 0 Å². The SMILES string of the molecule is Cc1ccccc1[PH](c1ccccc1)(c1ccccc1C)[Pd]([Cl])([Cl])[PH](c1ccccc1)(c1ccccc1C)c1ccccc1C. The maximum absolute atomic E-state index is 8.92. The fourth-order valence-corrected chi connectivity index (χ4v) is 64.0. The van der Waals surface area contributed by atoms with Gasteiger partial charge in [0, 0.05) is 0 Å². The fourth-order valence-electron chi connectivity index (χ4n) is 6.83. The van der Waals surface area contributed by atoms with Gasteiger partial charge in [0.2, 0.25) is 0 Å². The van der Waals surface area contributed by atoms with E-state index in [0.29, 0.717) is 0 Å². The van der Waals surface area contributed by atoms with Gasteiger partial charge in [0.15, 0.2) is 0 Å². The van der Waals surface area contributed by atoms with Gasteiger partial charge in [-0.1, -0.05) is 0 Å². The molecule has 0 N–H and O–H groups in total. The number of rotatable bonds is 8. The van der Waals surface area contributed by atoms with E-state index >= 15 is 0 Å². The van der Waals surface area contributed by atoms with Crippen LogP contribution in [0.2, 0.25) is 0 Å². The molecule has 0 spiro atoms. The van der Waals surface area contributed by atoms with Gasteiger partial charge in [0.05, 0.1) is 0 Å². The summed E-state index contributed by atoms with van der Waals surface area (Å²) in [4.78, 5) is 0. The van der Waals surface area contributed by atoms with Crippen LogP contribution in [0.1, 0.15) is 22.3 Å². The number of hydrogen-bond donors (Lipinski definition) is 0. The first-order chi connectivity index (χ1) is 21.8. The molecule has 0 aromatic heterocycles. The van der Waals surface area contributed by atoms with Crippen LogP contribution in [0.5, 0.6) is 0 Å². The van der Waals surface area contributed by atoms with Crippen molar-refractivity contribution in [3.63, 3.8) is 0 Å². The fraction of sp³-hybridized carbons (Fsp3) is 0.100. The van der Waals surface area contributed by atoms with Gasteiger partial charge in [-0.25, -0.2) is 0 Å². The van der Waals surface area contributed by atoms with Gasteiger partial charge in [0.1, 0.15) is 0 Å². The minimum absolute atomic E-state index is 1.24. The second-order valence-electron chi connectivity index (χ2n) is 11.6. The van der Waals surface area contributed by atoms with Gasteiger partial charge in [-0.15, -0.1) is 0 Å². The Morgan fingerprint density at radius 1 is 0.333 bits per heavy atom. The molecule has 0 nitrogen and oxygen atoms in total. The quantitative estimate of drug-likeness (QED) is 0.107. The third kappa shape index (κ3) is 5.19. The topological polar surface area (TPSA) is 0 Å². The summed E-state index contributed by atoms with van der Waals surface area (Å²) < 4.78 is 0. The summed E-state index contributed by atoms with van der Waals surface area (Å²) in [5, 5.41) is 7.77. The van der Waals surface area contributed by atoms with Crippen molar-refractivity contribution < 1.29 is 12.5 Å². The average molecular weight is 760 g/mol. The predicted molar refractivity (Wildman–Crippen MR) is 204 cm³/mol. The molecule has 45 heavy (non-hydrogen) atoms. The molecule has 0 saturated heterocycles. The first-order valence-corrected chi connectivity index (χ1v) is 27.5. The van der Waals surface area contributed by atoms with Crippen LogP contribution >= 0.6 is 30.0 Å². The van der Waals surface area contributed by atoms with E-state index < -0.39 is 23.4 Å². The molecule has 0 fully saturated rings. The van der Waals surface area contributed by atoms with E-state index in [4.69, 9.17) is 19.1 Å². The first kappa shape index (κ1) is 32.4. The van der Waals surface area contributed by atoms with Crippen LogP contribution in [0.3, 0.4) is 0 Å². The van der Waals surface area contributed by atoms with Gasteiger partial charge in [0.25, 0.3) is 0 Å². The molecule has 0 aliphatic heterocycles. The zero-order chi connectivity index (χ0) is 31.7. The van der Waals surface area contributed by atoms with Gasteiger partial charge in [-0.05, 0) is 0 Å². The third-order valence-corrected chi connectivity index (χ3v) is 55.0. The molecule has 0 bridgehead atoms. The second kappa shape index (κ2) is 13.3. The summed E-state index contributed by atoms with van der Waals surface area (Å²) in [5.74, 6) is 0. The number of hydrogen-bond acceptors (Lipinski definition) is 0. The van der Waals surface area contributed by atoms with Crippen LogP contribution < -0.4 is 31.8 Å². The van der Waals surface area contributed by atoms with Crippen LogP contribution in [0.15, 0.2) is 158 Å². The number of halogens is 2. The zero-order valence-electron chi connectivity index (χ0n) is 26.1. The van der Waals surface area contributed by atoms with Crippen molar-refractivity contribution in [2.45, 2.75) is 27.7 Å². The van der Waals surface area contributed by atoms with E-state index in [9.17, 15) is 0 Å². The van der Waals surface area contributed by atoms with Crippen LogP contribution in [0.25, 0.3) is 0 Å². The third-order valence-electron chi connectivity index (χ3n) is 8.90. The van der Waals surface area contributed by atoms with Crippen molar-refractivity contribution in [3.05, 3.63) is 180 Å². The molecule has 0 amide bonds. The molecule has 5 heteroatoms. The van der Waals surface area contributed by atoms with Crippen molar-refractivity contribution in [1.82, 2.24) is 0 Å². The minimum atomic E-state index is -3.80. The Hall–Kier alpha value is -2.58. The summed E-state index contributed by atoms with van der Waals surface area (Å²) in [5.41, 5.74) is -1.50. The molecule has 0 unspecified atom stereocenters. The van der Waals surface area contributed by atoms with Crippen molar-refractivity contribution in [2.24, 2.45) is 0 Å². The maximum atomic E-state index is 8.92. The molecule has 0 atom stereocenters. The Bertz CT molecular complexity index is 1710. The molecule has 6 aromatic rings. The molecule has 234 valence electrons. The summed E-state index contributed by atoms with van der Waals surface area (Å²) in [6.45, 7) is 8.97. The van der Waals surface area contributed by atoms with E-state index in [0.717, 1.165) is 0 Å². The Balaban J connectivity index is 1.95. The van der Waals surface area contributed by atoms with Crippen molar-refractivity contribution in [1.29, 1.82) is 0 Å². The molecular weight excluding hydrogens is 720 g/mol. The van der Waals surface area contributed by atoms with Gasteiger partial charge < -0.3 is 0 Å². The predicted octanol–water partition coefficient (Wildman–Crippen LogP) is 8.96.